The third-order valence-corrected chi connectivity index (χ3v) is 6.29. The van der Waals surface area contributed by atoms with Crippen molar-refractivity contribution in [3.63, 3.8) is 0 Å². The summed E-state index contributed by atoms with van der Waals surface area (Å²) in [4.78, 5) is 0.251. The van der Waals surface area contributed by atoms with E-state index in [1.807, 2.05) is 6.92 Å². The molecule has 1 saturated carbocycles. The summed E-state index contributed by atoms with van der Waals surface area (Å²) in [6, 6.07) is 1.57. The molecule has 1 aliphatic carbocycles. The summed E-state index contributed by atoms with van der Waals surface area (Å²) < 4.78 is 29.7. The second kappa shape index (κ2) is 6.50. The van der Waals surface area contributed by atoms with Crippen molar-refractivity contribution in [1.29, 1.82) is 0 Å². The highest BCUT2D eigenvalue weighted by Gasteiger charge is 2.34. The third-order valence-electron chi connectivity index (χ3n) is 4.83. The molecule has 2 rings (SSSR count). The van der Waals surface area contributed by atoms with Gasteiger partial charge in [0.15, 0.2) is 0 Å². The molecule has 0 bridgehead atoms. The molecule has 1 aromatic rings. The lowest BCUT2D eigenvalue weighted by Gasteiger charge is -2.20. The summed E-state index contributed by atoms with van der Waals surface area (Å²) in [6.07, 6.45) is 4.69. The van der Waals surface area contributed by atoms with Gasteiger partial charge in [0.05, 0.1) is 11.5 Å². The highest BCUT2D eigenvalue weighted by molar-refractivity contribution is 7.89. The van der Waals surface area contributed by atoms with Crippen LogP contribution in [0, 0.1) is 11.8 Å². The van der Waals surface area contributed by atoms with Crippen molar-refractivity contribution in [2.75, 3.05) is 0 Å². The van der Waals surface area contributed by atoms with Crippen LogP contribution in [0.3, 0.4) is 0 Å². The number of hydrogen-bond donors (Lipinski definition) is 2. The van der Waals surface area contributed by atoms with Crippen molar-refractivity contribution in [3.05, 3.63) is 18.0 Å². The van der Waals surface area contributed by atoms with Crippen LogP contribution in [0.15, 0.2) is 17.2 Å². The minimum absolute atomic E-state index is 0.0162. The molecule has 1 aliphatic rings. The number of aromatic nitrogens is 1. The Morgan fingerprint density at radius 1 is 1.38 bits per heavy atom. The Bertz CT molecular complexity index is 558. The third kappa shape index (κ3) is 3.33. The minimum atomic E-state index is -3.51. The van der Waals surface area contributed by atoms with Gasteiger partial charge in [-0.3, -0.25) is 0 Å². The Labute approximate surface area is 127 Å². The van der Waals surface area contributed by atoms with Gasteiger partial charge in [0.25, 0.3) is 0 Å². The molecule has 1 fully saturated rings. The van der Waals surface area contributed by atoms with Gasteiger partial charge < -0.3 is 9.67 Å². The first-order chi connectivity index (χ1) is 9.92. The Hall–Kier alpha value is -0.850. The molecule has 0 aliphatic heterocycles. The van der Waals surface area contributed by atoms with E-state index in [0.29, 0.717) is 24.1 Å². The zero-order valence-electron chi connectivity index (χ0n) is 13.0. The van der Waals surface area contributed by atoms with Crippen molar-refractivity contribution in [1.82, 2.24) is 9.29 Å². The summed E-state index contributed by atoms with van der Waals surface area (Å²) in [7, 11) is -3.51. The molecule has 6 heteroatoms. The normalized spacial score (nSPS) is 26.4. The van der Waals surface area contributed by atoms with Crippen LogP contribution in [0.4, 0.5) is 0 Å². The molecule has 3 atom stereocenters. The van der Waals surface area contributed by atoms with Crippen molar-refractivity contribution in [2.45, 2.75) is 64.1 Å². The van der Waals surface area contributed by atoms with Crippen molar-refractivity contribution < 1.29 is 13.5 Å². The van der Waals surface area contributed by atoms with E-state index < -0.39 is 10.0 Å². The molecule has 0 radical (unpaired) electrons. The van der Waals surface area contributed by atoms with Gasteiger partial charge >= 0.3 is 0 Å². The number of rotatable bonds is 6. The van der Waals surface area contributed by atoms with Crippen LogP contribution in [-0.4, -0.2) is 24.1 Å². The Balaban J connectivity index is 2.17. The SMILES string of the molecule is CCC1CCC(NS(=O)(=O)c2cc(CO)n(CC)c2)C1C. The van der Waals surface area contributed by atoms with E-state index in [0.717, 1.165) is 19.3 Å². The average Bonchev–Trinajstić information content (AvgIpc) is 3.03. The maximum atomic E-state index is 12.5. The topological polar surface area (TPSA) is 71.3 Å². The fraction of sp³-hybridized carbons (Fsp3) is 0.733. The molecule has 120 valence electrons. The maximum Gasteiger partial charge on any atom is 0.242 e. The molecule has 0 spiro atoms. The number of sulfonamides is 1. The van der Waals surface area contributed by atoms with E-state index in [-0.39, 0.29) is 17.5 Å². The van der Waals surface area contributed by atoms with E-state index in [1.165, 1.54) is 0 Å². The van der Waals surface area contributed by atoms with Gasteiger partial charge in [0.2, 0.25) is 10.0 Å². The van der Waals surface area contributed by atoms with Crippen LogP contribution in [0.1, 0.15) is 45.7 Å². The smallest absolute Gasteiger partial charge is 0.242 e. The second-order valence-electron chi connectivity index (χ2n) is 5.94. The largest absolute Gasteiger partial charge is 0.390 e. The fourth-order valence-corrected chi connectivity index (χ4v) is 4.78. The first-order valence-electron chi connectivity index (χ1n) is 7.75. The first-order valence-corrected chi connectivity index (χ1v) is 9.23. The predicted molar refractivity (Wildman–Crippen MR) is 82.3 cm³/mol. The molecule has 1 heterocycles. The van der Waals surface area contributed by atoms with Gasteiger partial charge in [-0.1, -0.05) is 20.3 Å². The van der Waals surface area contributed by atoms with Gasteiger partial charge in [0, 0.05) is 24.5 Å². The summed E-state index contributed by atoms with van der Waals surface area (Å²) >= 11 is 0. The summed E-state index contributed by atoms with van der Waals surface area (Å²) in [5.41, 5.74) is 0.629. The van der Waals surface area contributed by atoms with Crippen molar-refractivity contribution >= 4 is 10.0 Å². The van der Waals surface area contributed by atoms with Gasteiger partial charge in [-0.2, -0.15) is 0 Å². The standard InChI is InChI=1S/C15H26N2O3S/c1-4-12-6-7-15(11(12)3)16-21(19,20)14-8-13(10-18)17(5-2)9-14/h8-9,11-12,15-16,18H,4-7,10H2,1-3H3. The lowest BCUT2D eigenvalue weighted by Crippen LogP contribution is -2.37. The van der Waals surface area contributed by atoms with Gasteiger partial charge in [-0.25, -0.2) is 13.1 Å². The quantitative estimate of drug-likeness (QED) is 0.844. The number of aryl methyl sites for hydroxylation is 1. The van der Waals surface area contributed by atoms with Crippen LogP contribution in [0.25, 0.3) is 0 Å². The lowest BCUT2D eigenvalue weighted by atomic mass is 9.94. The molecule has 3 unspecified atom stereocenters. The fourth-order valence-electron chi connectivity index (χ4n) is 3.36. The van der Waals surface area contributed by atoms with E-state index in [4.69, 9.17) is 0 Å². The number of aliphatic hydroxyl groups is 1. The minimum Gasteiger partial charge on any atom is -0.390 e. The number of nitrogens with one attached hydrogen (secondary N) is 1. The van der Waals surface area contributed by atoms with Gasteiger partial charge in [-0.15, -0.1) is 0 Å². The molecule has 2 N–H and O–H groups in total. The molecule has 0 amide bonds. The van der Waals surface area contributed by atoms with Gasteiger partial charge in [0.1, 0.15) is 0 Å². The van der Waals surface area contributed by atoms with Crippen LogP contribution in [-0.2, 0) is 23.2 Å². The van der Waals surface area contributed by atoms with Crippen LogP contribution in [0.2, 0.25) is 0 Å². The monoisotopic (exact) mass is 314 g/mol. The van der Waals surface area contributed by atoms with E-state index in [2.05, 4.69) is 18.6 Å². The van der Waals surface area contributed by atoms with Crippen molar-refractivity contribution in [2.24, 2.45) is 11.8 Å². The molecular weight excluding hydrogens is 288 g/mol. The Morgan fingerprint density at radius 2 is 2.10 bits per heavy atom. The molecular formula is C15H26N2O3S. The highest BCUT2D eigenvalue weighted by atomic mass is 32.2. The first kappa shape index (κ1) is 16.5. The Kier molecular flexibility index (Phi) is 5.11. The second-order valence-corrected chi connectivity index (χ2v) is 7.66. The van der Waals surface area contributed by atoms with Crippen molar-refractivity contribution in [3.8, 4) is 0 Å². The number of nitrogens with zero attached hydrogens (tertiary/aromatic N) is 1. The van der Waals surface area contributed by atoms with E-state index in [1.54, 1.807) is 16.8 Å². The van der Waals surface area contributed by atoms with Gasteiger partial charge in [-0.05, 0) is 37.7 Å². The Morgan fingerprint density at radius 3 is 2.57 bits per heavy atom. The van der Waals surface area contributed by atoms with E-state index >= 15 is 0 Å². The number of aliphatic hydroxyl groups excluding tert-OH is 1. The number of hydrogen-bond acceptors (Lipinski definition) is 3. The average molecular weight is 314 g/mol. The molecule has 0 saturated heterocycles. The zero-order valence-corrected chi connectivity index (χ0v) is 13.9. The zero-order chi connectivity index (χ0) is 15.6. The highest BCUT2D eigenvalue weighted by Crippen LogP contribution is 2.34. The molecule has 0 aromatic carbocycles. The summed E-state index contributed by atoms with van der Waals surface area (Å²) in [5.74, 6) is 0.973. The van der Waals surface area contributed by atoms with Crippen LogP contribution in [0.5, 0.6) is 0 Å². The molecule has 1 aromatic heterocycles. The summed E-state index contributed by atoms with van der Waals surface area (Å²) in [5, 5.41) is 9.29. The maximum absolute atomic E-state index is 12.5. The lowest BCUT2D eigenvalue weighted by molar-refractivity contribution is 0.271. The predicted octanol–water partition coefficient (Wildman–Crippen LogP) is 2.10. The van der Waals surface area contributed by atoms with Crippen LogP contribution < -0.4 is 4.72 Å². The van der Waals surface area contributed by atoms with Crippen LogP contribution >= 0.6 is 0 Å². The summed E-state index contributed by atoms with van der Waals surface area (Å²) in [6.45, 7) is 6.70. The molecule has 5 nitrogen and oxygen atoms in total. The molecule has 21 heavy (non-hydrogen) atoms. The van der Waals surface area contributed by atoms with E-state index in [9.17, 15) is 13.5 Å².